The molecule has 0 radical (unpaired) electrons. The zero-order chi connectivity index (χ0) is 13.8. The van der Waals surface area contributed by atoms with Gasteiger partial charge in [-0.3, -0.25) is 10.1 Å². The molecule has 0 saturated carbocycles. The summed E-state index contributed by atoms with van der Waals surface area (Å²) in [4.78, 5) is 12.9. The lowest BCUT2D eigenvalue weighted by Gasteiger charge is -2.20. The molecule has 0 fully saturated rings. The zero-order valence-electron chi connectivity index (χ0n) is 11.3. The first-order valence-electron chi connectivity index (χ1n) is 6.52. The highest BCUT2D eigenvalue weighted by Gasteiger charge is 2.15. The third kappa shape index (κ3) is 2.67. The van der Waals surface area contributed by atoms with Gasteiger partial charge in [-0.25, -0.2) is 0 Å². The second-order valence-corrected chi connectivity index (χ2v) is 4.68. The highest BCUT2D eigenvalue weighted by Crippen LogP contribution is 2.32. The van der Waals surface area contributed by atoms with Gasteiger partial charge in [-0.05, 0) is 18.6 Å². The van der Waals surface area contributed by atoms with E-state index in [1.165, 1.54) is 0 Å². The lowest BCUT2D eigenvalue weighted by atomic mass is 10.1. The molecule has 4 heteroatoms. The molecule has 4 nitrogen and oxygen atoms in total. The van der Waals surface area contributed by atoms with Gasteiger partial charge in [-0.15, -0.1) is 0 Å². The summed E-state index contributed by atoms with van der Waals surface area (Å²) in [5.41, 5.74) is 1.22. The highest BCUT2D eigenvalue weighted by molar-refractivity contribution is 5.99. The van der Waals surface area contributed by atoms with E-state index < -0.39 is 0 Å². The van der Waals surface area contributed by atoms with Crippen molar-refractivity contribution in [3.05, 3.63) is 46.5 Å². The number of anilines is 1. The average molecular weight is 258 g/mol. The lowest BCUT2D eigenvalue weighted by molar-refractivity contribution is -0.383. The molecule has 0 saturated heterocycles. The Balaban J connectivity index is 2.52. The number of unbranched alkanes of at least 4 members (excludes halogenated alkanes) is 1. The molecule has 0 aliphatic carbocycles. The van der Waals surface area contributed by atoms with Crippen LogP contribution in [0.4, 0.5) is 11.4 Å². The largest absolute Gasteiger partial charge is 0.374 e. The van der Waals surface area contributed by atoms with E-state index >= 15 is 0 Å². The normalized spacial score (nSPS) is 10.6. The molecule has 0 aromatic heterocycles. The van der Waals surface area contributed by atoms with Crippen LogP contribution in [-0.4, -0.2) is 18.5 Å². The maximum absolute atomic E-state index is 11.1. The van der Waals surface area contributed by atoms with Crippen molar-refractivity contribution in [3.63, 3.8) is 0 Å². The van der Waals surface area contributed by atoms with Gasteiger partial charge in [-0.1, -0.05) is 31.5 Å². The van der Waals surface area contributed by atoms with E-state index in [0.29, 0.717) is 5.39 Å². The van der Waals surface area contributed by atoms with Gasteiger partial charge in [0.15, 0.2) is 0 Å². The van der Waals surface area contributed by atoms with Crippen molar-refractivity contribution in [1.29, 1.82) is 0 Å². The number of hydrogen-bond donors (Lipinski definition) is 0. The molecule has 19 heavy (non-hydrogen) atoms. The Morgan fingerprint density at radius 1 is 1.16 bits per heavy atom. The number of rotatable bonds is 5. The minimum atomic E-state index is -0.321. The first-order valence-corrected chi connectivity index (χ1v) is 6.52. The molecule has 2 aromatic carbocycles. The van der Waals surface area contributed by atoms with Crippen LogP contribution in [0.2, 0.25) is 0 Å². The summed E-state index contributed by atoms with van der Waals surface area (Å²) in [5, 5.41) is 12.7. The molecular formula is C15H18N2O2. The number of fused-ring (bicyclic) bond motifs is 1. The Kier molecular flexibility index (Phi) is 4.00. The van der Waals surface area contributed by atoms with Gasteiger partial charge in [0.1, 0.15) is 0 Å². The minimum absolute atomic E-state index is 0.170. The van der Waals surface area contributed by atoms with Crippen molar-refractivity contribution >= 4 is 22.1 Å². The van der Waals surface area contributed by atoms with Crippen molar-refractivity contribution in [2.24, 2.45) is 0 Å². The molecule has 0 N–H and O–H groups in total. The van der Waals surface area contributed by atoms with E-state index in [0.717, 1.165) is 30.5 Å². The predicted molar refractivity (Wildman–Crippen MR) is 78.8 cm³/mol. The van der Waals surface area contributed by atoms with E-state index in [1.807, 2.05) is 37.4 Å². The van der Waals surface area contributed by atoms with Crippen LogP contribution < -0.4 is 4.90 Å². The molecule has 0 bridgehead atoms. The minimum Gasteiger partial charge on any atom is -0.374 e. The van der Waals surface area contributed by atoms with Crippen molar-refractivity contribution < 1.29 is 4.92 Å². The summed E-state index contributed by atoms with van der Waals surface area (Å²) in [6, 6.07) is 11.0. The first-order chi connectivity index (χ1) is 9.15. The second kappa shape index (κ2) is 5.69. The van der Waals surface area contributed by atoms with Crippen molar-refractivity contribution in [1.82, 2.24) is 0 Å². The number of nitro groups is 1. The smallest absolute Gasteiger partial charge is 0.277 e. The van der Waals surface area contributed by atoms with Crippen LogP contribution in [0.25, 0.3) is 10.8 Å². The lowest BCUT2D eigenvalue weighted by Crippen LogP contribution is -2.18. The van der Waals surface area contributed by atoms with Gasteiger partial charge in [0.25, 0.3) is 5.69 Å². The Labute approximate surface area is 112 Å². The van der Waals surface area contributed by atoms with Gasteiger partial charge < -0.3 is 4.90 Å². The zero-order valence-corrected chi connectivity index (χ0v) is 11.3. The molecule has 0 heterocycles. The van der Waals surface area contributed by atoms with Crippen molar-refractivity contribution in [3.8, 4) is 0 Å². The fourth-order valence-corrected chi connectivity index (χ4v) is 2.28. The first kappa shape index (κ1) is 13.3. The fraction of sp³-hybridized carbons (Fsp3) is 0.333. The van der Waals surface area contributed by atoms with Crippen LogP contribution in [0.3, 0.4) is 0 Å². The number of hydrogen-bond acceptors (Lipinski definition) is 3. The summed E-state index contributed by atoms with van der Waals surface area (Å²) in [6.45, 7) is 3.11. The average Bonchev–Trinajstić information content (AvgIpc) is 2.43. The van der Waals surface area contributed by atoms with Gasteiger partial charge in [0.2, 0.25) is 0 Å². The Hall–Kier alpha value is -2.10. The summed E-state index contributed by atoms with van der Waals surface area (Å²) in [5.74, 6) is 0. The fourth-order valence-electron chi connectivity index (χ4n) is 2.28. The van der Waals surface area contributed by atoms with Crippen molar-refractivity contribution in [2.75, 3.05) is 18.5 Å². The molecule has 2 aromatic rings. The molecule has 0 aliphatic heterocycles. The number of non-ortho nitro benzene ring substituents is 1. The maximum Gasteiger partial charge on any atom is 0.277 e. The van der Waals surface area contributed by atoms with Gasteiger partial charge in [0, 0.05) is 30.7 Å². The van der Waals surface area contributed by atoms with Crippen LogP contribution in [0.1, 0.15) is 19.8 Å². The Bertz CT molecular complexity index is 596. The quantitative estimate of drug-likeness (QED) is 0.602. The topological polar surface area (TPSA) is 46.4 Å². The molecule has 0 atom stereocenters. The van der Waals surface area contributed by atoms with Crippen LogP contribution in [-0.2, 0) is 0 Å². The number of nitrogens with zero attached hydrogens (tertiary/aromatic N) is 2. The molecule has 0 amide bonds. The van der Waals surface area contributed by atoms with Crippen molar-refractivity contribution in [2.45, 2.75) is 19.8 Å². The third-order valence-corrected chi connectivity index (χ3v) is 3.33. The molecule has 0 unspecified atom stereocenters. The molecule has 0 aliphatic rings. The summed E-state index contributed by atoms with van der Waals surface area (Å²) >= 11 is 0. The molecule has 0 spiro atoms. The van der Waals surface area contributed by atoms with Gasteiger partial charge >= 0.3 is 0 Å². The van der Waals surface area contributed by atoms with E-state index in [2.05, 4.69) is 11.8 Å². The molecule has 2 rings (SSSR count). The maximum atomic E-state index is 11.1. The number of benzene rings is 2. The van der Waals surface area contributed by atoms with Gasteiger partial charge in [-0.2, -0.15) is 0 Å². The monoisotopic (exact) mass is 258 g/mol. The summed E-state index contributed by atoms with van der Waals surface area (Å²) in [6.07, 6.45) is 2.25. The third-order valence-electron chi connectivity index (χ3n) is 3.33. The van der Waals surface area contributed by atoms with E-state index in [1.54, 1.807) is 6.07 Å². The van der Waals surface area contributed by atoms with Crippen LogP contribution in [0, 0.1) is 10.1 Å². The SMILES string of the molecule is CCCCN(C)c1ccc([N+](=O)[O-])c2ccccc12. The Morgan fingerprint density at radius 2 is 1.84 bits per heavy atom. The molecular weight excluding hydrogens is 240 g/mol. The second-order valence-electron chi connectivity index (χ2n) is 4.68. The van der Waals surface area contributed by atoms with Gasteiger partial charge in [0.05, 0.1) is 10.3 Å². The summed E-state index contributed by atoms with van der Waals surface area (Å²) < 4.78 is 0. The van der Waals surface area contributed by atoms with Crippen LogP contribution in [0.15, 0.2) is 36.4 Å². The summed E-state index contributed by atoms with van der Waals surface area (Å²) in [7, 11) is 2.03. The van der Waals surface area contributed by atoms with E-state index in [4.69, 9.17) is 0 Å². The van der Waals surface area contributed by atoms with E-state index in [9.17, 15) is 10.1 Å². The van der Waals surface area contributed by atoms with E-state index in [-0.39, 0.29) is 10.6 Å². The number of nitro benzene ring substituents is 1. The van der Waals surface area contributed by atoms with Crippen LogP contribution >= 0.6 is 0 Å². The highest BCUT2D eigenvalue weighted by atomic mass is 16.6. The predicted octanol–water partition coefficient (Wildman–Crippen LogP) is 3.98. The standard InChI is InChI=1S/C15H18N2O2/c1-3-4-11-16(2)14-9-10-15(17(18)19)13-8-6-5-7-12(13)14/h5-10H,3-4,11H2,1-2H3. The molecule has 100 valence electrons. The Morgan fingerprint density at radius 3 is 2.47 bits per heavy atom. The van der Waals surface area contributed by atoms with Crippen LogP contribution in [0.5, 0.6) is 0 Å².